The Balaban J connectivity index is 2.11. The fraction of sp³-hybridized carbons (Fsp3) is 0.938. The second-order valence-electron chi connectivity index (χ2n) is 6.13. The van der Waals surface area contributed by atoms with Crippen LogP contribution >= 0.6 is 0 Å². The minimum Gasteiger partial charge on any atom is -0.481 e. The van der Waals surface area contributed by atoms with Crippen LogP contribution in [0.1, 0.15) is 65.2 Å². The number of hydrogen-bond acceptors (Lipinski definition) is 2. The molecule has 1 unspecified atom stereocenters. The van der Waals surface area contributed by atoms with Gasteiger partial charge in [0.15, 0.2) is 0 Å². The van der Waals surface area contributed by atoms with Gasteiger partial charge in [-0.05, 0) is 57.0 Å². The fourth-order valence-corrected chi connectivity index (χ4v) is 3.05. The highest BCUT2D eigenvalue weighted by Gasteiger charge is 2.25. The van der Waals surface area contributed by atoms with Gasteiger partial charge >= 0.3 is 5.97 Å². The molecule has 0 aromatic carbocycles. The van der Waals surface area contributed by atoms with Gasteiger partial charge in [-0.2, -0.15) is 0 Å². The van der Waals surface area contributed by atoms with Crippen molar-refractivity contribution in [3.63, 3.8) is 0 Å². The van der Waals surface area contributed by atoms with Crippen molar-refractivity contribution >= 4 is 5.97 Å². The number of hydrogen-bond donors (Lipinski definition) is 2. The quantitative estimate of drug-likeness (QED) is 0.671. The highest BCUT2D eigenvalue weighted by atomic mass is 16.4. The van der Waals surface area contributed by atoms with E-state index in [1.54, 1.807) is 0 Å². The molecular weight excluding hydrogens is 238 g/mol. The second kappa shape index (κ2) is 9.35. The number of carboxylic acid groups (broad SMARTS) is 1. The summed E-state index contributed by atoms with van der Waals surface area (Å²) in [6.07, 6.45) is 9.12. The van der Waals surface area contributed by atoms with Crippen molar-refractivity contribution in [1.29, 1.82) is 0 Å². The van der Waals surface area contributed by atoms with Crippen molar-refractivity contribution in [3.05, 3.63) is 0 Å². The third-order valence-electron chi connectivity index (χ3n) is 4.61. The van der Waals surface area contributed by atoms with Crippen molar-refractivity contribution in [2.24, 2.45) is 17.8 Å². The van der Waals surface area contributed by atoms with Crippen LogP contribution in [0.5, 0.6) is 0 Å². The van der Waals surface area contributed by atoms with E-state index >= 15 is 0 Å². The molecule has 0 radical (unpaired) electrons. The zero-order chi connectivity index (χ0) is 14.1. The molecule has 3 nitrogen and oxygen atoms in total. The molecule has 1 atom stereocenters. The van der Waals surface area contributed by atoms with Gasteiger partial charge in [0.2, 0.25) is 0 Å². The second-order valence-corrected chi connectivity index (χ2v) is 6.13. The molecule has 1 saturated carbocycles. The van der Waals surface area contributed by atoms with Gasteiger partial charge in [-0.15, -0.1) is 0 Å². The van der Waals surface area contributed by atoms with Gasteiger partial charge in [0.1, 0.15) is 0 Å². The molecule has 2 N–H and O–H groups in total. The first-order chi connectivity index (χ1) is 9.17. The maximum atomic E-state index is 10.9. The summed E-state index contributed by atoms with van der Waals surface area (Å²) in [6.45, 7) is 6.74. The van der Waals surface area contributed by atoms with Crippen molar-refractivity contribution in [3.8, 4) is 0 Å². The monoisotopic (exact) mass is 269 g/mol. The van der Waals surface area contributed by atoms with Gasteiger partial charge in [-0.1, -0.05) is 33.1 Å². The van der Waals surface area contributed by atoms with Gasteiger partial charge < -0.3 is 10.4 Å². The SMILES string of the molecule is CCCCC(CC)CNCC1CCC(C(=O)O)CC1. The van der Waals surface area contributed by atoms with Gasteiger partial charge in [0.05, 0.1) is 5.92 Å². The van der Waals surface area contributed by atoms with E-state index in [4.69, 9.17) is 5.11 Å². The molecular formula is C16H31NO2. The Morgan fingerprint density at radius 3 is 2.47 bits per heavy atom. The predicted molar refractivity (Wildman–Crippen MR) is 79.3 cm³/mol. The summed E-state index contributed by atoms with van der Waals surface area (Å²) in [6, 6.07) is 0. The smallest absolute Gasteiger partial charge is 0.306 e. The van der Waals surface area contributed by atoms with Crippen LogP contribution in [-0.2, 0) is 4.79 Å². The lowest BCUT2D eigenvalue weighted by Gasteiger charge is -2.27. The molecule has 19 heavy (non-hydrogen) atoms. The standard InChI is InChI=1S/C16H31NO2/c1-3-5-6-13(4-2)11-17-12-14-7-9-15(10-8-14)16(18)19/h13-15,17H,3-12H2,1-2H3,(H,18,19). The van der Waals surface area contributed by atoms with Crippen molar-refractivity contribution in [2.75, 3.05) is 13.1 Å². The Bertz CT molecular complexity index is 247. The molecule has 112 valence electrons. The number of carbonyl (C=O) groups is 1. The van der Waals surface area contributed by atoms with Crippen LogP contribution in [0.3, 0.4) is 0 Å². The number of nitrogens with one attached hydrogen (secondary N) is 1. The van der Waals surface area contributed by atoms with Crippen LogP contribution in [0.2, 0.25) is 0 Å². The van der Waals surface area contributed by atoms with Gasteiger partial charge in [-0.25, -0.2) is 0 Å². The lowest BCUT2D eigenvalue weighted by atomic mass is 9.82. The molecule has 3 heteroatoms. The van der Waals surface area contributed by atoms with Crippen molar-refractivity contribution in [1.82, 2.24) is 5.32 Å². The van der Waals surface area contributed by atoms with Crippen LogP contribution in [0, 0.1) is 17.8 Å². The zero-order valence-corrected chi connectivity index (χ0v) is 12.7. The molecule has 1 aliphatic carbocycles. The van der Waals surface area contributed by atoms with Crippen molar-refractivity contribution < 1.29 is 9.90 Å². The largest absolute Gasteiger partial charge is 0.481 e. The third-order valence-corrected chi connectivity index (χ3v) is 4.61. The first-order valence-corrected chi connectivity index (χ1v) is 8.10. The summed E-state index contributed by atoms with van der Waals surface area (Å²) in [5, 5.41) is 12.6. The number of carboxylic acids is 1. The first kappa shape index (κ1) is 16.5. The van der Waals surface area contributed by atoms with Gasteiger partial charge in [-0.3, -0.25) is 4.79 Å². The minimum absolute atomic E-state index is 0.0794. The summed E-state index contributed by atoms with van der Waals surface area (Å²) in [4.78, 5) is 10.9. The van der Waals surface area contributed by atoms with E-state index in [0.717, 1.165) is 44.7 Å². The Hall–Kier alpha value is -0.570. The Labute approximate surface area is 118 Å². The summed E-state index contributed by atoms with van der Waals surface area (Å²) >= 11 is 0. The molecule has 0 spiro atoms. The summed E-state index contributed by atoms with van der Waals surface area (Å²) in [5.41, 5.74) is 0. The predicted octanol–water partition coefficient (Wildman–Crippen LogP) is 3.68. The molecule has 0 aromatic heterocycles. The van der Waals surface area contributed by atoms with Crippen LogP contribution in [0.4, 0.5) is 0 Å². The Morgan fingerprint density at radius 2 is 1.95 bits per heavy atom. The Kier molecular flexibility index (Phi) is 8.11. The summed E-state index contributed by atoms with van der Waals surface area (Å²) < 4.78 is 0. The van der Waals surface area contributed by atoms with Gasteiger partial charge in [0.25, 0.3) is 0 Å². The molecule has 1 aliphatic rings. The number of rotatable bonds is 9. The van der Waals surface area contributed by atoms with Crippen LogP contribution in [0.15, 0.2) is 0 Å². The average molecular weight is 269 g/mol. The lowest BCUT2D eigenvalue weighted by molar-refractivity contribution is -0.143. The number of aliphatic carboxylic acids is 1. The molecule has 0 aliphatic heterocycles. The van der Waals surface area contributed by atoms with Crippen molar-refractivity contribution in [2.45, 2.75) is 65.2 Å². The fourth-order valence-electron chi connectivity index (χ4n) is 3.05. The van der Waals surface area contributed by atoms with Crippen LogP contribution < -0.4 is 5.32 Å². The van der Waals surface area contributed by atoms with E-state index in [-0.39, 0.29) is 5.92 Å². The molecule has 1 fully saturated rings. The maximum Gasteiger partial charge on any atom is 0.306 e. The summed E-state index contributed by atoms with van der Waals surface area (Å²) in [7, 11) is 0. The van der Waals surface area contributed by atoms with E-state index in [1.165, 1.54) is 25.7 Å². The lowest BCUT2D eigenvalue weighted by Crippen LogP contribution is -2.31. The highest BCUT2D eigenvalue weighted by Crippen LogP contribution is 2.28. The van der Waals surface area contributed by atoms with Crippen LogP contribution in [0.25, 0.3) is 0 Å². The van der Waals surface area contributed by atoms with E-state index < -0.39 is 5.97 Å². The van der Waals surface area contributed by atoms with Crippen LogP contribution in [-0.4, -0.2) is 24.2 Å². The topological polar surface area (TPSA) is 49.3 Å². The van der Waals surface area contributed by atoms with E-state index in [2.05, 4.69) is 19.2 Å². The van der Waals surface area contributed by atoms with E-state index in [0.29, 0.717) is 5.92 Å². The molecule has 0 bridgehead atoms. The maximum absolute atomic E-state index is 10.9. The highest BCUT2D eigenvalue weighted by molar-refractivity contribution is 5.69. The normalized spacial score (nSPS) is 25.2. The average Bonchev–Trinajstić information content (AvgIpc) is 2.43. The molecule has 0 heterocycles. The minimum atomic E-state index is -0.600. The summed E-state index contributed by atoms with van der Waals surface area (Å²) in [5.74, 6) is 0.829. The molecule has 0 amide bonds. The van der Waals surface area contributed by atoms with E-state index in [1.807, 2.05) is 0 Å². The number of unbranched alkanes of at least 4 members (excludes halogenated alkanes) is 1. The molecule has 1 rings (SSSR count). The van der Waals surface area contributed by atoms with Gasteiger partial charge in [0, 0.05) is 0 Å². The van der Waals surface area contributed by atoms with E-state index in [9.17, 15) is 4.79 Å². The Morgan fingerprint density at radius 1 is 1.26 bits per heavy atom. The molecule has 0 aromatic rings. The zero-order valence-electron chi connectivity index (χ0n) is 12.7. The first-order valence-electron chi connectivity index (χ1n) is 8.10. The molecule has 0 saturated heterocycles. The third kappa shape index (κ3) is 6.42.